The molecular formula is C17H22N2O4. The van der Waals surface area contributed by atoms with Gasteiger partial charge in [-0.25, -0.2) is 4.79 Å². The van der Waals surface area contributed by atoms with E-state index < -0.39 is 18.0 Å². The van der Waals surface area contributed by atoms with Crippen molar-refractivity contribution in [2.75, 3.05) is 13.2 Å². The van der Waals surface area contributed by atoms with Crippen LogP contribution >= 0.6 is 0 Å². The fraction of sp³-hybridized carbons (Fsp3) is 0.471. The van der Waals surface area contributed by atoms with Crippen LogP contribution in [0.25, 0.3) is 0 Å². The number of hydrogen-bond donors (Lipinski definition) is 0. The molecule has 0 unspecified atom stereocenters. The molecule has 1 atom stereocenters. The van der Waals surface area contributed by atoms with Crippen molar-refractivity contribution in [1.29, 1.82) is 0 Å². The molecule has 124 valence electrons. The van der Waals surface area contributed by atoms with Crippen LogP contribution in [0.3, 0.4) is 0 Å². The van der Waals surface area contributed by atoms with Gasteiger partial charge in [-0.15, -0.1) is 0 Å². The molecule has 1 aliphatic heterocycles. The van der Waals surface area contributed by atoms with E-state index in [1.807, 2.05) is 44.2 Å². The molecule has 1 saturated heterocycles. The van der Waals surface area contributed by atoms with E-state index in [1.54, 1.807) is 6.92 Å². The summed E-state index contributed by atoms with van der Waals surface area (Å²) in [6, 6.07) is 8.49. The lowest BCUT2D eigenvalue weighted by molar-refractivity contribution is -0.146. The fourth-order valence-electron chi connectivity index (χ4n) is 2.73. The normalized spacial score (nSPS) is 18.0. The number of esters is 1. The fourth-order valence-corrected chi connectivity index (χ4v) is 2.73. The zero-order valence-electron chi connectivity index (χ0n) is 13.7. The van der Waals surface area contributed by atoms with Gasteiger partial charge in [0.15, 0.2) is 0 Å². The molecule has 0 aromatic heterocycles. The van der Waals surface area contributed by atoms with Gasteiger partial charge in [-0.1, -0.05) is 44.2 Å². The van der Waals surface area contributed by atoms with Crippen LogP contribution < -0.4 is 0 Å². The Kier molecular flexibility index (Phi) is 5.36. The predicted octanol–water partition coefficient (Wildman–Crippen LogP) is 2.04. The van der Waals surface area contributed by atoms with E-state index in [1.165, 1.54) is 4.90 Å². The zero-order chi connectivity index (χ0) is 17.0. The Hall–Kier alpha value is -2.37. The van der Waals surface area contributed by atoms with Crippen LogP contribution in [0.1, 0.15) is 26.3 Å². The molecule has 6 heteroatoms. The smallest absolute Gasteiger partial charge is 0.328 e. The maximum absolute atomic E-state index is 12.6. The second-order valence-corrected chi connectivity index (χ2v) is 5.81. The van der Waals surface area contributed by atoms with Crippen molar-refractivity contribution in [3.05, 3.63) is 35.9 Å². The number of imide groups is 1. The highest BCUT2D eigenvalue weighted by Crippen LogP contribution is 2.25. The molecule has 0 N–H and O–H groups in total. The summed E-state index contributed by atoms with van der Waals surface area (Å²) in [5, 5.41) is 0. The molecule has 0 spiro atoms. The van der Waals surface area contributed by atoms with E-state index in [-0.39, 0.29) is 25.0 Å². The highest BCUT2D eigenvalue weighted by Gasteiger charge is 2.47. The number of amides is 3. The first-order valence-corrected chi connectivity index (χ1v) is 7.77. The van der Waals surface area contributed by atoms with Crippen LogP contribution in [-0.4, -0.2) is 46.9 Å². The largest absolute Gasteiger partial charge is 0.465 e. The Morgan fingerprint density at radius 3 is 2.43 bits per heavy atom. The summed E-state index contributed by atoms with van der Waals surface area (Å²) in [6.45, 7) is 5.69. The number of nitrogens with zero attached hydrogens (tertiary/aromatic N) is 2. The molecule has 0 radical (unpaired) electrons. The molecule has 0 aliphatic carbocycles. The molecule has 1 aromatic rings. The minimum atomic E-state index is -0.571. The Bertz CT molecular complexity index is 586. The van der Waals surface area contributed by atoms with Gasteiger partial charge in [0.2, 0.25) is 0 Å². The highest BCUT2D eigenvalue weighted by molar-refractivity contribution is 6.06. The van der Waals surface area contributed by atoms with Crippen molar-refractivity contribution < 1.29 is 19.1 Å². The molecule has 1 fully saturated rings. The molecule has 6 nitrogen and oxygen atoms in total. The van der Waals surface area contributed by atoms with Gasteiger partial charge < -0.3 is 9.64 Å². The lowest BCUT2D eigenvalue weighted by Gasteiger charge is -2.24. The summed E-state index contributed by atoms with van der Waals surface area (Å²) in [5.41, 5.74) is 0.942. The summed E-state index contributed by atoms with van der Waals surface area (Å²) in [6.07, 6.45) is 0. The van der Waals surface area contributed by atoms with Crippen LogP contribution in [0.15, 0.2) is 30.3 Å². The van der Waals surface area contributed by atoms with Gasteiger partial charge in [-0.2, -0.15) is 0 Å². The van der Waals surface area contributed by atoms with Gasteiger partial charge in [0.25, 0.3) is 5.91 Å². The number of ether oxygens (including phenoxy) is 1. The van der Waals surface area contributed by atoms with Gasteiger partial charge in [0.05, 0.1) is 6.61 Å². The van der Waals surface area contributed by atoms with Gasteiger partial charge in [0.1, 0.15) is 12.6 Å². The van der Waals surface area contributed by atoms with Crippen LogP contribution in [0.5, 0.6) is 0 Å². The second-order valence-electron chi connectivity index (χ2n) is 5.81. The molecule has 1 aliphatic rings. The first-order valence-electron chi connectivity index (χ1n) is 7.77. The lowest BCUT2D eigenvalue weighted by atomic mass is 10.0. The van der Waals surface area contributed by atoms with Gasteiger partial charge >= 0.3 is 12.0 Å². The highest BCUT2D eigenvalue weighted by atomic mass is 16.5. The minimum absolute atomic E-state index is 0.0395. The zero-order valence-corrected chi connectivity index (χ0v) is 13.7. The summed E-state index contributed by atoms with van der Waals surface area (Å²) >= 11 is 0. The average Bonchev–Trinajstić information content (AvgIpc) is 2.73. The SMILES string of the molecule is CCOC(=O)CN1C(=O)[C@@H](C(C)C)N(Cc2ccccc2)C1=O. The monoisotopic (exact) mass is 318 g/mol. The molecule has 1 aromatic carbocycles. The number of benzene rings is 1. The Morgan fingerprint density at radius 2 is 1.87 bits per heavy atom. The number of rotatable bonds is 6. The van der Waals surface area contributed by atoms with E-state index in [2.05, 4.69) is 0 Å². The van der Waals surface area contributed by atoms with E-state index in [0.717, 1.165) is 10.5 Å². The maximum Gasteiger partial charge on any atom is 0.328 e. The van der Waals surface area contributed by atoms with Gasteiger partial charge in [0, 0.05) is 6.54 Å². The lowest BCUT2D eigenvalue weighted by Crippen LogP contribution is -2.38. The number of carbonyl (C=O) groups is 3. The minimum Gasteiger partial charge on any atom is -0.465 e. The van der Waals surface area contributed by atoms with Crippen molar-refractivity contribution in [1.82, 2.24) is 9.80 Å². The molecule has 3 amide bonds. The van der Waals surface area contributed by atoms with Gasteiger partial charge in [-0.3, -0.25) is 14.5 Å². The first-order chi connectivity index (χ1) is 11.0. The van der Waals surface area contributed by atoms with E-state index in [9.17, 15) is 14.4 Å². The molecule has 1 heterocycles. The standard InChI is InChI=1S/C17H22N2O4/c1-4-23-14(20)11-19-16(21)15(12(2)3)18(17(19)22)10-13-8-6-5-7-9-13/h5-9,12,15H,4,10-11H2,1-3H3/t15-/m1/s1. The third-order valence-corrected chi connectivity index (χ3v) is 3.75. The quantitative estimate of drug-likeness (QED) is 0.594. The second kappa shape index (κ2) is 7.26. The molecule has 0 bridgehead atoms. The maximum atomic E-state index is 12.6. The molecule has 23 heavy (non-hydrogen) atoms. The summed E-state index contributed by atoms with van der Waals surface area (Å²) in [7, 11) is 0. The Balaban J connectivity index is 2.20. The van der Waals surface area contributed by atoms with Crippen LogP contribution in [-0.2, 0) is 20.9 Å². The van der Waals surface area contributed by atoms with Crippen molar-refractivity contribution >= 4 is 17.9 Å². The Labute approximate surface area is 136 Å². The number of carbonyl (C=O) groups excluding carboxylic acids is 3. The van der Waals surface area contributed by atoms with Crippen molar-refractivity contribution in [2.24, 2.45) is 5.92 Å². The topological polar surface area (TPSA) is 66.9 Å². The summed E-state index contributed by atoms with van der Waals surface area (Å²) in [5.74, 6) is -0.949. The predicted molar refractivity (Wildman–Crippen MR) is 84.4 cm³/mol. The summed E-state index contributed by atoms with van der Waals surface area (Å²) < 4.78 is 4.85. The Morgan fingerprint density at radius 1 is 1.22 bits per heavy atom. The van der Waals surface area contributed by atoms with Gasteiger partial charge in [-0.05, 0) is 18.4 Å². The number of hydrogen-bond acceptors (Lipinski definition) is 4. The van der Waals surface area contributed by atoms with E-state index in [0.29, 0.717) is 6.54 Å². The molecule has 0 saturated carbocycles. The molecular weight excluding hydrogens is 296 g/mol. The first kappa shape index (κ1) is 17.0. The van der Waals surface area contributed by atoms with E-state index in [4.69, 9.17) is 4.74 Å². The van der Waals surface area contributed by atoms with Crippen LogP contribution in [0.4, 0.5) is 4.79 Å². The molecule has 2 rings (SSSR count). The average molecular weight is 318 g/mol. The van der Waals surface area contributed by atoms with Crippen LogP contribution in [0, 0.1) is 5.92 Å². The summed E-state index contributed by atoms with van der Waals surface area (Å²) in [4.78, 5) is 39.3. The van der Waals surface area contributed by atoms with Crippen molar-refractivity contribution in [3.8, 4) is 0 Å². The van der Waals surface area contributed by atoms with Crippen molar-refractivity contribution in [3.63, 3.8) is 0 Å². The van der Waals surface area contributed by atoms with E-state index >= 15 is 0 Å². The third-order valence-electron chi connectivity index (χ3n) is 3.75. The van der Waals surface area contributed by atoms with Crippen LogP contribution in [0.2, 0.25) is 0 Å². The van der Waals surface area contributed by atoms with Crippen molar-refractivity contribution in [2.45, 2.75) is 33.4 Å². The third kappa shape index (κ3) is 3.70. The number of urea groups is 1.